The Bertz CT molecular complexity index is 1260. The fourth-order valence-electron chi connectivity index (χ4n) is 4.38. The van der Waals surface area contributed by atoms with Gasteiger partial charge >= 0.3 is 0 Å². The summed E-state index contributed by atoms with van der Waals surface area (Å²) in [5.41, 5.74) is 2.71. The highest BCUT2D eigenvalue weighted by molar-refractivity contribution is 6.02. The Hall–Kier alpha value is -3.92. The lowest BCUT2D eigenvalue weighted by Crippen LogP contribution is -2.30. The molecule has 1 aliphatic rings. The number of carbonyl (C=O) groups is 1. The first kappa shape index (κ1) is 26.2. The van der Waals surface area contributed by atoms with E-state index in [0.29, 0.717) is 28.7 Å². The number of piperidine rings is 1. The molecule has 0 atom stereocenters. The molecule has 0 radical (unpaired) electrons. The van der Waals surface area contributed by atoms with Gasteiger partial charge in [-0.2, -0.15) is 9.97 Å². The predicted octanol–water partition coefficient (Wildman–Crippen LogP) is 3.89. The molecule has 10 heteroatoms. The van der Waals surface area contributed by atoms with Crippen LogP contribution in [-0.4, -0.2) is 80.2 Å². The minimum atomic E-state index is -0.295. The van der Waals surface area contributed by atoms with E-state index in [1.165, 1.54) is 12.5 Å². The van der Waals surface area contributed by atoms with E-state index in [1.807, 2.05) is 45.4 Å². The lowest BCUT2D eigenvalue weighted by atomic mass is 10.1. The molecule has 2 N–H and O–H groups in total. The topological polar surface area (TPSA) is 98.8 Å². The number of benzene rings is 1. The Morgan fingerprint density at radius 3 is 2.62 bits per heavy atom. The number of nitrogens with one attached hydrogen (secondary N) is 2. The molecule has 3 aromatic rings. The molecule has 2 aromatic heterocycles. The Balaban J connectivity index is 1.74. The lowest BCUT2D eigenvalue weighted by Gasteiger charge is -2.29. The van der Waals surface area contributed by atoms with Crippen LogP contribution in [0.4, 0.5) is 28.8 Å². The van der Waals surface area contributed by atoms with Gasteiger partial charge in [-0.05, 0) is 57.6 Å². The molecule has 1 aromatic carbocycles. The van der Waals surface area contributed by atoms with Crippen LogP contribution in [0.25, 0.3) is 11.0 Å². The maximum Gasteiger partial charge on any atom is 0.247 e. The zero-order valence-corrected chi connectivity index (χ0v) is 22.1. The summed E-state index contributed by atoms with van der Waals surface area (Å²) in [6.45, 7) is 7.12. The van der Waals surface area contributed by atoms with Gasteiger partial charge in [0.1, 0.15) is 11.6 Å². The van der Waals surface area contributed by atoms with Gasteiger partial charge in [0.15, 0.2) is 5.65 Å². The van der Waals surface area contributed by atoms with Crippen molar-refractivity contribution < 1.29 is 9.53 Å². The first-order valence-electron chi connectivity index (χ1n) is 12.6. The van der Waals surface area contributed by atoms with Crippen molar-refractivity contribution in [1.29, 1.82) is 0 Å². The van der Waals surface area contributed by atoms with Crippen LogP contribution < -0.4 is 25.2 Å². The third-order valence-corrected chi connectivity index (χ3v) is 6.41. The molecule has 0 bridgehead atoms. The van der Waals surface area contributed by atoms with Crippen LogP contribution in [0.15, 0.2) is 43.1 Å². The molecular weight excluding hydrogens is 468 g/mol. The standard InChI is InChI=1S/C27H36N8O2/c1-6-24(36)29-20-17-21(23(37-5)18-22(20)34(4)16-15-33(2)3)30-27-31-25-19(11-10-12-28-25)26(32-27)35-13-8-7-9-14-35/h6,10-12,17-18H,1,7-9,13-16H2,2-5H3,(H,29,36)(H,28,30,31,32). The molecule has 0 spiro atoms. The van der Waals surface area contributed by atoms with Crippen LogP contribution in [0.3, 0.4) is 0 Å². The summed E-state index contributed by atoms with van der Waals surface area (Å²) >= 11 is 0. The van der Waals surface area contributed by atoms with Gasteiger partial charge in [-0.1, -0.05) is 6.58 Å². The molecule has 1 saturated heterocycles. The molecule has 0 aliphatic carbocycles. The molecular formula is C27H36N8O2. The monoisotopic (exact) mass is 504 g/mol. The van der Waals surface area contributed by atoms with Gasteiger partial charge in [0.25, 0.3) is 0 Å². The third-order valence-electron chi connectivity index (χ3n) is 6.41. The maximum absolute atomic E-state index is 12.3. The molecule has 0 unspecified atom stereocenters. The normalized spacial score (nSPS) is 13.5. The third kappa shape index (κ3) is 6.26. The number of hydrogen-bond acceptors (Lipinski definition) is 9. The second-order valence-corrected chi connectivity index (χ2v) is 9.41. The van der Waals surface area contributed by atoms with Crippen molar-refractivity contribution in [3.8, 4) is 5.75 Å². The highest BCUT2D eigenvalue weighted by atomic mass is 16.5. The molecule has 10 nitrogen and oxygen atoms in total. The summed E-state index contributed by atoms with van der Waals surface area (Å²) < 4.78 is 5.74. The van der Waals surface area contributed by atoms with Crippen LogP contribution in [0.1, 0.15) is 19.3 Å². The van der Waals surface area contributed by atoms with Gasteiger partial charge in [-0.15, -0.1) is 0 Å². The molecule has 4 rings (SSSR count). The van der Waals surface area contributed by atoms with E-state index in [2.05, 4.69) is 41.9 Å². The average molecular weight is 505 g/mol. The van der Waals surface area contributed by atoms with Crippen LogP contribution in [0.5, 0.6) is 5.75 Å². The van der Waals surface area contributed by atoms with E-state index in [9.17, 15) is 4.79 Å². The molecule has 1 amide bonds. The summed E-state index contributed by atoms with van der Waals surface area (Å²) in [5, 5.41) is 7.18. The number of likely N-dealkylation sites (N-methyl/N-ethyl adjacent to an activating group) is 2. The number of fused-ring (bicyclic) bond motifs is 1. The Morgan fingerprint density at radius 1 is 1.14 bits per heavy atom. The number of methoxy groups -OCH3 is 1. The number of amides is 1. The molecule has 37 heavy (non-hydrogen) atoms. The van der Waals surface area contributed by atoms with Crippen molar-refractivity contribution >= 4 is 45.8 Å². The SMILES string of the molecule is C=CC(=O)Nc1cc(Nc2nc(N3CCCCC3)c3cccnc3n2)c(OC)cc1N(C)CCN(C)C. The second-order valence-electron chi connectivity index (χ2n) is 9.41. The van der Waals surface area contributed by atoms with Gasteiger partial charge in [-0.25, -0.2) is 4.98 Å². The largest absolute Gasteiger partial charge is 0.494 e. The summed E-state index contributed by atoms with van der Waals surface area (Å²) in [6.07, 6.45) is 6.49. The lowest BCUT2D eigenvalue weighted by molar-refractivity contribution is -0.111. The maximum atomic E-state index is 12.3. The van der Waals surface area contributed by atoms with E-state index in [-0.39, 0.29) is 5.91 Å². The Kier molecular flexibility index (Phi) is 8.39. The van der Waals surface area contributed by atoms with Crippen molar-refractivity contribution in [1.82, 2.24) is 19.9 Å². The summed E-state index contributed by atoms with van der Waals surface area (Å²) in [5.74, 6) is 1.60. The second kappa shape index (κ2) is 11.9. The van der Waals surface area contributed by atoms with Crippen molar-refractivity contribution in [2.45, 2.75) is 19.3 Å². The number of anilines is 5. The average Bonchev–Trinajstić information content (AvgIpc) is 2.91. The minimum Gasteiger partial charge on any atom is -0.494 e. The number of pyridine rings is 1. The molecule has 196 valence electrons. The molecule has 1 fully saturated rings. The first-order valence-corrected chi connectivity index (χ1v) is 12.6. The van der Waals surface area contributed by atoms with E-state index in [1.54, 1.807) is 13.3 Å². The fourth-order valence-corrected chi connectivity index (χ4v) is 4.38. The summed E-state index contributed by atoms with van der Waals surface area (Å²) in [7, 11) is 7.66. The highest BCUT2D eigenvalue weighted by Gasteiger charge is 2.20. The highest BCUT2D eigenvalue weighted by Crippen LogP contribution is 2.38. The van der Waals surface area contributed by atoms with Crippen LogP contribution in [0, 0.1) is 0 Å². The Morgan fingerprint density at radius 2 is 1.92 bits per heavy atom. The van der Waals surface area contributed by atoms with Crippen LogP contribution in [-0.2, 0) is 4.79 Å². The van der Waals surface area contributed by atoms with Gasteiger partial charge in [0.2, 0.25) is 11.9 Å². The number of rotatable bonds is 10. The van der Waals surface area contributed by atoms with Gasteiger partial charge in [-0.3, -0.25) is 4.79 Å². The van der Waals surface area contributed by atoms with E-state index >= 15 is 0 Å². The quantitative estimate of drug-likeness (QED) is 0.398. The van der Waals surface area contributed by atoms with Crippen molar-refractivity contribution in [3.05, 3.63) is 43.1 Å². The van der Waals surface area contributed by atoms with Crippen molar-refractivity contribution in [3.63, 3.8) is 0 Å². The Labute approximate surface area is 218 Å². The number of ether oxygens (including phenoxy) is 1. The first-order chi connectivity index (χ1) is 17.9. The fraction of sp³-hybridized carbons (Fsp3) is 0.407. The van der Waals surface area contributed by atoms with Gasteiger partial charge in [0.05, 0.1) is 29.6 Å². The predicted molar refractivity (Wildman–Crippen MR) is 150 cm³/mol. The summed E-state index contributed by atoms with van der Waals surface area (Å²) in [4.78, 5) is 32.8. The number of aromatic nitrogens is 3. The molecule has 3 heterocycles. The van der Waals surface area contributed by atoms with E-state index < -0.39 is 0 Å². The van der Waals surface area contributed by atoms with Gasteiger partial charge in [0, 0.05) is 45.5 Å². The molecule has 0 saturated carbocycles. The molecule has 1 aliphatic heterocycles. The van der Waals surface area contributed by atoms with Crippen molar-refractivity contribution in [2.75, 3.05) is 74.9 Å². The number of hydrogen-bond donors (Lipinski definition) is 2. The van der Waals surface area contributed by atoms with E-state index in [0.717, 1.165) is 55.9 Å². The number of nitrogens with zero attached hydrogens (tertiary/aromatic N) is 6. The van der Waals surface area contributed by atoms with Crippen LogP contribution in [0.2, 0.25) is 0 Å². The van der Waals surface area contributed by atoms with Gasteiger partial charge < -0.3 is 30.1 Å². The smallest absolute Gasteiger partial charge is 0.247 e. The van der Waals surface area contributed by atoms with Crippen LogP contribution >= 0.6 is 0 Å². The zero-order valence-electron chi connectivity index (χ0n) is 22.1. The van der Waals surface area contributed by atoms with Crippen molar-refractivity contribution in [2.24, 2.45) is 0 Å². The zero-order chi connectivity index (χ0) is 26.4. The number of carbonyl (C=O) groups excluding carboxylic acids is 1. The van der Waals surface area contributed by atoms with E-state index in [4.69, 9.17) is 9.72 Å². The summed E-state index contributed by atoms with van der Waals surface area (Å²) in [6, 6.07) is 7.67. The minimum absolute atomic E-state index is 0.295.